The first-order valence-corrected chi connectivity index (χ1v) is 22.3. The van der Waals surface area contributed by atoms with Crippen LogP contribution in [-0.2, 0) is 17.6 Å². The number of carbonyl (C=O) groups excluding carboxylic acids is 1. The average Bonchev–Trinajstić information content (AvgIpc) is 3.96. The summed E-state index contributed by atoms with van der Waals surface area (Å²) >= 11 is 7.36. The van der Waals surface area contributed by atoms with E-state index in [-0.39, 0.29) is 5.91 Å². The van der Waals surface area contributed by atoms with E-state index in [2.05, 4.69) is 67.3 Å². The van der Waals surface area contributed by atoms with Gasteiger partial charge in [0, 0.05) is 53.5 Å². The molecule has 0 saturated carbocycles. The number of aryl methyl sites for hydroxylation is 1. The van der Waals surface area contributed by atoms with E-state index in [1.54, 1.807) is 29.6 Å². The van der Waals surface area contributed by atoms with Gasteiger partial charge in [-0.1, -0.05) is 78.6 Å². The minimum absolute atomic E-state index is 0.208. The predicted molar refractivity (Wildman–Crippen MR) is 224 cm³/mol. The first-order valence-electron chi connectivity index (χ1n) is 19.1. The maximum absolute atomic E-state index is 12.1. The van der Waals surface area contributed by atoms with Gasteiger partial charge in [-0.25, -0.2) is 6.57 Å². The van der Waals surface area contributed by atoms with Crippen LogP contribution in [0.15, 0.2) is 36.4 Å². The molecule has 0 aliphatic carbocycles. The molecule has 0 saturated heterocycles. The Hall–Kier alpha value is -2.90. The van der Waals surface area contributed by atoms with Crippen LogP contribution in [0, 0.1) is 6.57 Å². The van der Waals surface area contributed by atoms with Crippen molar-refractivity contribution in [1.29, 1.82) is 0 Å². The zero-order valence-corrected chi connectivity index (χ0v) is 34.1. The topological polar surface area (TPSA) is 51.9 Å². The van der Waals surface area contributed by atoms with Gasteiger partial charge in [-0.2, -0.15) is 0 Å². The highest BCUT2D eigenvalue weighted by molar-refractivity contribution is 7.28. The van der Waals surface area contributed by atoms with Crippen LogP contribution in [0.1, 0.15) is 114 Å². The molecule has 0 radical (unpaired) electrons. The standard InChI is InChI=1S/C42H54N2O3S4/c1-6-9-12-15-18-30-19-21-34(48-30)36-27-32-38(46-25-16-13-10-7-2)41-33(39(40(32)50-36)47-26-17-14-11-8-3)28-37(51-41)35-22-20-31(49-35)23-24-44-42(45)29(4)43-5/h19-22,27-29H,6-18,23-26H2,1-4H3,(H,44,45)/t29-/m0/s1. The molecular weight excluding hydrogens is 709 g/mol. The Kier molecular flexibility index (Phi) is 15.7. The molecule has 0 fully saturated rings. The van der Waals surface area contributed by atoms with E-state index < -0.39 is 6.04 Å². The van der Waals surface area contributed by atoms with Crippen molar-refractivity contribution in [2.24, 2.45) is 0 Å². The maximum Gasteiger partial charge on any atom is 0.302 e. The van der Waals surface area contributed by atoms with E-state index in [4.69, 9.17) is 16.0 Å². The molecule has 4 heterocycles. The monoisotopic (exact) mass is 762 g/mol. The second kappa shape index (κ2) is 20.4. The Labute approximate surface area is 321 Å². The van der Waals surface area contributed by atoms with Crippen molar-refractivity contribution in [2.75, 3.05) is 19.8 Å². The minimum Gasteiger partial charge on any atom is -0.491 e. The first kappa shape index (κ1) is 39.3. The van der Waals surface area contributed by atoms with E-state index in [0.717, 1.165) is 42.6 Å². The zero-order valence-electron chi connectivity index (χ0n) is 30.9. The molecule has 51 heavy (non-hydrogen) atoms. The predicted octanol–water partition coefficient (Wildman–Crippen LogP) is 13.6. The summed E-state index contributed by atoms with van der Waals surface area (Å²) in [6.07, 6.45) is 16.4. The van der Waals surface area contributed by atoms with Gasteiger partial charge in [-0.05, 0) is 68.5 Å². The highest BCUT2D eigenvalue weighted by atomic mass is 32.1. The Morgan fingerprint density at radius 3 is 1.65 bits per heavy atom. The van der Waals surface area contributed by atoms with Crippen LogP contribution < -0.4 is 14.8 Å². The van der Waals surface area contributed by atoms with Crippen LogP contribution in [0.5, 0.6) is 11.5 Å². The Morgan fingerprint density at radius 1 is 0.667 bits per heavy atom. The van der Waals surface area contributed by atoms with Crippen molar-refractivity contribution in [3.63, 3.8) is 0 Å². The molecule has 4 aromatic heterocycles. The number of ether oxygens (including phenoxy) is 2. The van der Waals surface area contributed by atoms with E-state index in [1.165, 1.54) is 108 Å². The number of hydrogen-bond donors (Lipinski definition) is 1. The Balaban J connectivity index is 1.50. The molecule has 1 amide bonds. The van der Waals surface area contributed by atoms with E-state index >= 15 is 0 Å². The molecule has 1 atom stereocenters. The van der Waals surface area contributed by atoms with Gasteiger partial charge >= 0.3 is 5.91 Å². The minimum atomic E-state index is -0.651. The fourth-order valence-electron chi connectivity index (χ4n) is 6.17. The third-order valence-electron chi connectivity index (χ3n) is 9.18. The smallest absolute Gasteiger partial charge is 0.302 e. The summed E-state index contributed by atoms with van der Waals surface area (Å²) in [5.41, 5.74) is 0. The summed E-state index contributed by atoms with van der Waals surface area (Å²) in [7, 11) is 0. The van der Waals surface area contributed by atoms with Crippen LogP contribution >= 0.6 is 45.3 Å². The van der Waals surface area contributed by atoms with Crippen LogP contribution in [0.2, 0.25) is 0 Å². The van der Waals surface area contributed by atoms with Gasteiger partial charge in [-0.15, -0.1) is 45.3 Å². The van der Waals surface area contributed by atoms with Gasteiger partial charge in [0.05, 0.1) is 22.6 Å². The van der Waals surface area contributed by atoms with Gasteiger partial charge < -0.3 is 19.6 Å². The number of rotatable bonds is 23. The lowest BCUT2D eigenvalue weighted by Crippen LogP contribution is -2.32. The molecule has 0 spiro atoms. The van der Waals surface area contributed by atoms with E-state index in [1.807, 2.05) is 22.7 Å². The fraction of sp³-hybridized carbons (Fsp3) is 0.524. The van der Waals surface area contributed by atoms with Crippen molar-refractivity contribution in [2.45, 2.75) is 124 Å². The third kappa shape index (κ3) is 10.6. The molecule has 5 rings (SSSR count). The normalized spacial score (nSPS) is 12.1. The van der Waals surface area contributed by atoms with Gasteiger partial charge in [0.2, 0.25) is 0 Å². The number of benzene rings is 1. The number of thiophene rings is 4. The molecule has 0 aliphatic rings. The molecule has 0 bridgehead atoms. The number of unbranched alkanes of at least 4 members (excludes halogenated alkanes) is 9. The molecule has 0 aliphatic heterocycles. The Bertz CT molecular complexity index is 1800. The summed E-state index contributed by atoms with van der Waals surface area (Å²) in [6, 6.07) is 13.0. The molecule has 0 unspecified atom stereocenters. The zero-order chi connectivity index (χ0) is 36.0. The van der Waals surface area contributed by atoms with Gasteiger partial charge in [0.1, 0.15) is 11.5 Å². The molecule has 5 aromatic rings. The SMILES string of the molecule is [C-]#[N+][C@@H](C)C(=O)NCCc1ccc(-c2cc3c(OCCCCCC)c4sc(-c5ccc(CCCCCC)s5)cc4c(OCCCCCC)c3s2)s1. The van der Waals surface area contributed by atoms with Gasteiger partial charge in [0.25, 0.3) is 6.04 Å². The summed E-state index contributed by atoms with van der Waals surface area (Å²) in [6.45, 7) is 17.5. The summed E-state index contributed by atoms with van der Waals surface area (Å²) in [5, 5.41) is 5.22. The van der Waals surface area contributed by atoms with Crippen molar-refractivity contribution in [1.82, 2.24) is 5.32 Å². The quantitative estimate of drug-likeness (QED) is 0.0532. The lowest BCUT2D eigenvalue weighted by Gasteiger charge is -2.13. The number of fused-ring (bicyclic) bond motifs is 2. The molecule has 5 nitrogen and oxygen atoms in total. The molecule has 1 N–H and O–H groups in total. The van der Waals surface area contributed by atoms with Crippen molar-refractivity contribution < 1.29 is 14.3 Å². The lowest BCUT2D eigenvalue weighted by atomic mass is 10.1. The van der Waals surface area contributed by atoms with Crippen LogP contribution in [0.3, 0.4) is 0 Å². The average molecular weight is 763 g/mol. The van der Waals surface area contributed by atoms with E-state index in [0.29, 0.717) is 19.8 Å². The summed E-state index contributed by atoms with van der Waals surface area (Å²) in [4.78, 5) is 23.2. The van der Waals surface area contributed by atoms with Gasteiger partial charge in [-0.3, -0.25) is 4.79 Å². The highest BCUT2D eigenvalue weighted by Gasteiger charge is 2.24. The summed E-state index contributed by atoms with van der Waals surface area (Å²) < 4.78 is 15.9. The second-order valence-electron chi connectivity index (χ2n) is 13.4. The third-order valence-corrected chi connectivity index (χ3v) is 14.1. The van der Waals surface area contributed by atoms with Gasteiger partial charge in [0.15, 0.2) is 0 Å². The number of carbonyl (C=O) groups is 1. The fourth-order valence-corrected chi connectivity index (χ4v) is 10.7. The first-order chi connectivity index (χ1) is 25.0. The molecular formula is C42H54N2O3S4. The summed E-state index contributed by atoms with van der Waals surface area (Å²) in [5.74, 6) is 1.79. The van der Waals surface area contributed by atoms with Crippen molar-refractivity contribution >= 4 is 71.4 Å². The number of nitrogens with zero attached hydrogens (tertiary/aromatic N) is 1. The van der Waals surface area contributed by atoms with Crippen molar-refractivity contribution in [3.8, 4) is 31.0 Å². The molecule has 274 valence electrons. The lowest BCUT2D eigenvalue weighted by molar-refractivity contribution is -0.121. The maximum atomic E-state index is 12.1. The van der Waals surface area contributed by atoms with Crippen LogP contribution in [-0.4, -0.2) is 31.7 Å². The van der Waals surface area contributed by atoms with Crippen LogP contribution in [0.25, 0.3) is 44.5 Å². The molecule has 9 heteroatoms. The highest BCUT2D eigenvalue weighted by Crippen LogP contribution is 2.53. The van der Waals surface area contributed by atoms with E-state index in [9.17, 15) is 4.79 Å². The molecule has 1 aromatic carbocycles. The number of hydrogen-bond acceptors (Lipinski definition) is 7. The Morgan fingerprint density at radius 2 is 1.16 bits per heavy atom. The largest absolute Gasteiger partial charge is 0.491 e. The number of nitrogens with one attached hydrogen (secondary N) is 1. The van der Waals surface area contributed by atoms with Crippen LogP contribution in [0.4, 0.5) is 0 Å². The number of amides is 1. The van der Waals surface area contributed by atoms with Crippen molar-refractivity contribution in [3.05, 3.63) is 57.6 Å². The second-order valence-corrected chi connectivity index (χ2v) is 17.8.